The van der Waals surface area contributed by atoms with E-state index in [-0.39, 0.29) is 5.72 Å². The lowest BCUT2D eigenvalue weighted by Gasteiger charge is -2.24. The minimum Gasteiger partial charge on any atom is -0.508 e. The van der Waals surface area contributed by atoms with Crippen molar-refractivity contribution in [2.75, 3.05) is 6.61 Å². The number of ether oxygens (including phenoxy) is 1. The highest BCUT2D eigenvalue weighted by Gasteiger charge is 2.33. The molecule has 2 unspecified atom stereocenters. The Morgan fingerprint density at radius 3 is 2.67 bits per heavy atom. The van der Waals surface area contributed by atoms with Crippen LogP contribution in [-0.2, 0) is 11.2 Å². The molecule has 1 aromatic carbocycles. The number of nitrogens with one attached hydrogen (secondary N) is 1. The summed E-state index contributed by atoms with van der Waals surface area (Å²) in [5.74, 6) is 0.303. The van der Waals surface area contributed by atoms with Crippen LogP contribution >= 0.6 is 0 Å². The third-order valence-corrected chi connectivity index (χ3v) is 2.68. The van der Waals surface area contributed by atoms with Crippen LogP contribution in [-0.4, -0.2) is 23.5 Å². The Kier molecular flexibility index (Phi) is 2.67. The van der Waals surface area contributed by atoms with E-state index < -0.39 is 0 Å². The van der Waals surface area contributed by atoms with Crippen molar-refractivity contribution in [1.29, 1.82) is 0 Å². The molecule has 0 aromatic heterocycles. The standard InChI is InChI=1S/C12H17NO2/c1-9-8-15-12(2,13-9)7-10-3-5-11(14)6-4-10/h3-6,9,13-14H,7-8H2,1-2H3. The van der Waals surface area contributed by atoms with Crippen LogP contribution < -0.4 is 5.32 Å². The van der Waals surface area contributed by atoms with Gasteiger partial charge in [-0.3, -0.25) is 5.32 Å². The molecule has 2 N–H and O–H groups in total. The number of phenols is 1. The summed E-state index contributed by atoms with van der Waals surface area (Å²) in [6.07, 6.45) is 0.817. The summed E-state index contributed by atoms with van der Waals surface area (Å²) in [4.78, 5) is 0. The minimum absolute atomic E-state index is 0.267. The quantitative estimate of drug-likeness (QED) is 0.775. The van der Waals surface area contributed by atoms with Crippen molar-refractivity contribution in [2.24, 2.45) is 0 Å². The molecule has 0 bridgehead atoms. The first-order chi connectivity index (χ1) is 7.07. The Bertz CT molecular complexity index is 336. The van der Waals surface area contributed by atoms with E-state index in [1.165, 1.54) is 0 Å². The molecule has 1 aromatic rings. The Hall–Kier alpha value is -1.06. The number of aromatic hydroxyl groups is 1. The van der Waals surface area contributed by atoms with Gasteiger partial charge in [-0.15, -0.1) is 0 Å². The average Bonchev–Trinajstić information content (AvgIpc) is 2.50. The number of hydrogen-bond acceptors (Lipinski definition) is 3. The van der Waals surface area contributed by atoms with Crippen LogP contribution in [0.3, 0.4) is 0 Å². The van der Waals surface area contributed by atoms with Gasteiger partial charge in [-0.2, -0.15) is 0 Å². The molecule has 0 aliphatic carbocycles. The molecule has 0 amide bonds. The summed E-state index contributed by atoms with van der Waals surface area (Å²) in [5.41, 5.74) is 0.896. The summed E-state index contributed by atoms with van der Waals surface area (Å²) in [5, 5.41) is 12.6. The molecular formula is C12H17NO2. The fraction of sp³-hybridized carbons (Fsp3) is 0.500. The maximum Gasteiger partial charge on any atom is 0.120 e. The zero-order valence-electron chi connectivity index (χ0n) is 9.16. The van der Waals surface area contributed by atoms with Gasteiger partial charge in [0, 0.05) is 12.5 Å². The largest absolute Gasteiger partial charge is 0.508 e. The van der Waals surface area contributed by atoms with Crippen LogP contribution in [0, 0.1) is 0 Å². The Balaban J connectivity index is 2.05. The van der Waals surface area contributed by atoms with Crippen molar-refractivity contribution in [3.8, 4) is 5.75 Å². The third kappa shape index (κ3) is 2.49. The number of phenolic OH excluding ortho intramolecular Hbond substituents is 1. The minimum atomic E-state index is -0.267. The van der Waals surface area contributed by atoms with Gasteiger partial charge < -0.3 is 9.84 Å². The summed E-state index contributed by atoms with van der Waals surface area (Å²) < 4.78 is 5.71. The van der Waals surface area contributed by atoms with Gasteiger partial charge in [0.2, 0.25) is 0 Å². The number of benzene rings is 1. The van der Waals surface area contributed by atoms with E-state index in [2.05, 4.69) is 19.2 Å². The topological polar surface area (TPSA) is 41.5 Å². The monoisotopic (exact) mass is 207 g/mol. The third-order valence-electron chi connectivity index (χ3n) is 2.68. The van der Waals surface area contributed by atoms with Crippen molar-refractivity contribution in [1.82, 2.24) is 5.32 Å². The van der Waals surface area contributed by atoms with Gasteiger partial charge in [0.05, 0.1) is 6.61 Å². The van der Waals surface area contributed by atoms with Gasteiger partial charge in [-0.25, -0.2) is 0 Å². The second-order valence-electron chi connectivity index (χ2n) is 4.43. The highest BCUT2D eigenvalue weighted by Crippen LogP contribution is 2.21. The summed E-state index contributed by atoms with van der Waals surface area (Å²) in [7, 11) is 0. The van der Waals surface area contributed by atoms with Crippen molar-refractivity contribution in [2.45, 2.75) is 32.0 Å². The Morgan fingerprint density at radius 1 is 1.47 bits per heavy atom. The summed E-state index contributed by atoms with van der Waals surface area (Å²) >= 11 is 0. The van der Waals surface area contributed by atoms with Crippen molar-refractivity contribution < 1.29 is 9.84 Å². The Morgan fingerprint density at radius 2 is 2.13 bits per heavy atom. The van der Waals surface area contributed by atoms with Gasteiger partial charge in [0.1, 0.15) is 11.5 Å². The van der Waals surface area contributed by atoms with E-state index in [4.69, 9.17) is 4.74 Å². The molecule has 1 heterocycles. The lowest BCUT2D eigenvalue weighted by atomic mass is 10.0. The molecule has 15 heavy (non-hydrogen) atoms. The first-order valence-corrected chi connectivity index (χ1v) is 5.27. The van der Waals surface area contributed by atoms with Crippen LogP contribution in [0.25, 0.3) is 0 Å². The van der Waals surface area contributed by atoms with E-state index in [9.17, 15) is 5.11 Å². The number of rotatable bonds is 2. The molecule has 2 rings (SSSR count). The molecule has 1 fully saturated rings. The van der Waals surface area contributed by atoms with Gasteiger partial charge >= 0.3 is 0 Å². The molecule has 0 spiro atoms. The smallest absolute Gasteiger partial charge is 0.120 e. The zero-order chi connectivity index (χ0) is 10.9. The lowest BCUT2D eigenvalue weighted by Crippen LogP contribution is -2.42. The molecule has 1 aliphatic rings. The highest BCUT2D eigenvalue weighted by atomic mass is 16.5. The van der Waals surface area contributed by atoms with Gasteiger partial charge in [-0.05, 0) is 31.5 Å². The van der Waals surface area contributed by atoms with E-state index >= 15 is 0 Å². The molecule has 1 saturated heterocycles. The Labute approximate surface area is 90.1 Å². The molecule has 0 radical (unpaired) electrons. The molecule has 82 valence electrons. The maximum absolute atomic E-state index is 9.18. The summed E-state index contributed by atoms with van der Waals surface area (Å²) in [6.45, 7) is 4.93. The lowest BCUT2D eigenvalue weighted by molar-refractivity contribution is 0.00689. The summed E-state index contributed by atoms with van der Waals surface area (Å²) in [6, 6.07) is 7.67. The predicted molar refractivity (Wildman–Crippen MR) is 58.8 cm³/mol. The van der Waals surface area contributed by atoms with E-state index in [0.717, 1.165) is 18.6 Å². The molecule has 3 nitrogen and oxygen atoms in total. The van der Waals surface area contributed by atoms with Crippen LogP contribution in [0.4, 0.5) is 0 Å². The predicted octanol–water partition coefficient (Wildman–Crippen LogP) is 1.66. The van der Waals surface area contributed by atoms with Crippen LogP contribution in [0.1, 0.15) is 19.4 Å². The SMILES string of the molecule is CC1COC(C)(Cc2ccc(O)cc2)N1. The second-order valence-corrected chi connectivity index (χ2v) is 4.43. The normalized spacial score (nSPS) is 30.7. The average molecular weight is 207 g/mol. The molecule has 0 saturated carbocycles. The van der Waals surface area contributed by atoms with E-state index in [1.807, 2.05) is 12.1 Å². The van der Waals surface area contributed by atoms with Gasteiger partial charge in [0.25, 0.3) is 0 Å². The maximum atomic E-state index is 9.18. The van der Waals surface area contributed by atoms with E-state index in [1.54, 1.807) is 12.1 Å². The number of hydrogen-bond donors (Lipinski definition) is 2. The molecule has 3 heteroatoms. The first kappa shape index (κ1) is 10.5. The van der Waals surface area contributed by atoms with Crippen molar-refractivity contribution in [3.63, 3.8) is 0 Å². The zero-order valence-corrected chi connectivity index (χ0v) is 9.16. The van der Waals surface area contributed by atoms with Crippen LogP contribution in [0.2, 0.25) is 0 Å². The molecular weight excluding hydrogens is 190 g/mol. The first-order valence-electron chi connectivity index (χ1n) is 5.27. The molecule has 1 aliphatic heterocycles. The van der Waals surface area contributed by atoms with Crippen LogP contribution in [0.15, 0.2) is 24.3 Å². The highest BCUT2D eigenvalue weighted by molar-refractivity contribution is 5.26. The second kappa shape index (κ2) is 3.83. The van der Waals surface area contributed by atoms with Crippen molar-refractivity contribution in [3.05, 3.63) is 29.8 Å². The van der Waals surface area contributed by atoms with Crippen LogP contribution in [0.5, 0.6) is 5.75 Å². The van der Waals surface area contributed by atoms with Gasteiger partial charge in [0.15, 0.2) is 0 Å². The fourth-order valence-corrected chi connectivity index (χ4v) is 2.02. The van der Waals surface area contributed by atoms with Crippen molar-refractivity contribution >= 4 is 0 Å². The fourth-order valence-electron chi connectivity index (χ4n) is 2.02. The van der Waals surface area contributed by atoms with Gasteiger partial charge in [-0.1, -0.05) is 12.1 Å². The van der Waals surface area contributed by atoms with E-state index in [0.29, 0.717) is 11.8 Å². The molecule has 2 atom stereocenters.